The van der Waals surface area contributed by atoms with Crippen molar-refractivity contribution in [2.45, 2.75) is 0 Å². The van der Waals surface area contributed by atoms with Crippen LogP contribution in [-0.4, -0.2) is 22.2 Å². The van der Waals surface area contributed by atoms with Crippen molar-refractivity contribution in [2.24, 2.45) is 0 Å². The van der Waals surface area contributed by atoms with Crippen LogP contribution in [0.25, 0.3) is 0 Å². The summed E-state index contributed by atoms with van der Waals surface area (Å²) in [4.78, 5) is 21.6. The van der Waals surface area contributed by atoms with E-state index in [1.165, 1.54) is 12.1 Å². The van der Waals surface area contributed by atoms with Gasteiger partial charge >= 0.3 is 11.9 Å². The first kappa shape index (κ1) is 11.2. The molecule has 0 bridgehead atoms. The molecule has 0 aliphatic carbocycles. The number of carbonyl (C=O) groups is 2. The van der Waals surface area contributed by atoms with Crippen LogP contribution < -0.4 is 0 Å². The van der Waals surface area contributed by atoms with Crippen molar-refractivity contribution >= 4 is 43.8 Å². The number of halogens is 2. The largest absolute Gasteiger partial charge is 0.478 e. The third-order valence-corrected chi connectivity index (χ3v) is 2.85. The van der Waals surface area contributed by atoms with Gasteiger partial charge in [-0.3, -0.25) is 0 Å². The fourth-order valence-electron chi connectivity index (χ4n) is 0.970. The van der Waals surface area contributed by atoms with E-state index in [9.17, 15) is 9.59 Å². The summed E-state index contributed by atoms with van der Waals surface area (Å²) in [6, 6.07) is 2.94. The molecule has 74 valence electrons. The third kappa shape index (κ3) is 1.96. The maximum Gasteiger partial charge on any atom is 0.337 e. The Morgan fingerprint density at radius 2 is 1.21 bits per heavy atom. The van der Waals surface area contributed by atoms with Gasteiger partial charge in [-0.2, -0.15) is 0 Å². The second-order valence-corrected chi connectivity index (χ2v) is 4.10. The minimum absolute atomic E-state index is 0.241. The monoisotopic (exact) mass is 322 g/mol. The van der Waals surface area contributed by atoms with Crippen LogP contribution in [-0.2, 0) is 0 Å². The highest BCUT2D eigenvalue weighted by Gasteiger charge is 2.21. The smallest absolute Gasteiger partial charge is 0.337 e. The molecule has 0 atom stereocenters. The molecule has 0 amide bonds. The van der Waals surface area contributed by atoms with Gasteiger partial charge in [0.05, 0.1) is 11.1 Å². The molecule has 0 fully saturated rings. The fraction of sp³-hybridized carbons (Fsp3) is 0. The molecular weight excluding hydrogens is 320 g/mol. The maximum absolute atomic E-state index is 10.8. The van der Waals surface area contributed by atoms with Crippen molar-refractivity contribution in [1.29, 1.82) is 0 Å². The number of carboxylic acids is 2. The number of hydrogen-bond acceptors (Lipinski definition) is 2. The lowest BCUT2D eigenvalue weighted by Crippen LogP contribution is -2.09. The highest BCUT2D eigenvalue weighted by atomic mass is 79.9. The van der Waals surface area contributed by atoms with Gasteiger partial charge in [0.15, 0.2) is 0 Å². The molecule has 6 heteroatoms. The summed E-state index contributed by atoms with van der Waals surface area (Å²) in [6.45, 7) is 0. The SMILES string of the molecule is O=C(O)c1c(Br)ccc(Br)c1C(=O)O. The van der Waals surface area contributed by atoms with Gasteiger partial charge in [-0.1, -0.05) is 0 Å². The Labute approximate surface area is 95.8 Å². The minimum atomic E-state index is -1.28. The lowest BCUT2D eigenvalue weighted by molar-refractivity contribution is 0.0650. The molecule has 2 N–H and O–H groups in total. The summed E-state index contributed by atoms with van der Waals surface area (Å²) >= 11 is 5.97. The van der Waals surface area contributed by atoms with Crippen LogP contribution in [0.15, 0.2) is 21.1 Å². The molecule has 0 saturated carbocycles. The third-order valence-electron chi connectivity index (χ3n) is 1.53. The van der Waals surface area contributed by atoms with E-state index in [-0.39, 0.29) is 20.1 Å². The van der Waals surface area contributed by atoms with Gasteiger partial charge in [-0.15, -0.1) is 0 Å². The van der Waals surface area contributed by atoms with Gasteiger partial charge in [0.25, 0.3) is 0 Å². The first-order valence-corrected chi connectivity index (χ1v) is 4.98. The molecule has 14 heavy (non-hydrogen) atoms. The molecule has 0 aliphatic rings. The highest BCUT2D eigenvalue weighted by molar-refractivity contribution is 9.11. The lowest BCUT2D eigenvalue weighted by atomic mass is 10.1. The zero-order chi connectivity index (χ0) is 10.9. The van der Waals surface area contributed by atoms with E-state index >= 15 is 0 Å². The van der Waals surface area contributed by atoms with Crippen LogP contribution in [0.2, 0.25) is 0 Å². The predicted octanol–water partition coefficient (Wildman–Crippen LogP) is 2.61. The van der Waals surface area contributed by atoms with Gasteiger partial charge < -0.3 is 10.2 Å². The standard InChI is InChI=1S/C8H4Br2O4/c9-3-1-2-4(10)6(8(13)14)5(3)7(11)12/h1-2H,(H,11,12)(H,13,14). The van der Waals surface area contributed by atoms with E-state index in [1.807, 2.05) is 0 Å². The van der Waals surface area contributed by atoms with E-state index in [1.54, 1.807) is 0 Å². The number of carboxylic acid groups (broad SMARTS) is 2. The van der Waals surface area contributed by atoms with Gasteiger partial charge in [0, 0.05) is 8.95 Å². The second-order valence-electron chi connectivity index (χ2n) is 2.39. The number of aromatic carboxylic acids is 2. The molecule has 0 aliphatic heterocycles. The van der Waals surface area contributed by atoms with Crippen molar-refractivity contribution in [3.8, 4) is 0 Å². The van der Waals surface area contributed by atoms with E-state index in [0.29, 0.717) is 0 Å². The van der Waals surface area contributed by atoms with Crippen molar-refractivity contribution < 1.29 is 19.8 Å². The van der Waals surface area contributed by atoms with Gasteiger partial charge in [-0.25, -0.2) is 9.59 Å². The van der Waals surface area contributed by atoms with E-state index in [2.05, 4.69) is 31.9 Å². The van der Waals surface area contributed by atoms with Crippen LogP contribution >= 0.6 is 31.9 Å². The van der Waals surface area contributed by atoms with Crippen molar-refractivity contribution in [3.63, 3.8) is 0 Å². The Kier molecular flexibility index (Phi) is 3.28. The summed E-state index contributed by atoms with van der Waals surface area (Å²) in [5.41, 5.74) is -0.515. The molecule has 4 nitrogen and oxygen atoms in total. The number of rotatable bonds is 2. The Bertz CT molecular complexity index is 375. The van der Waals surface area contributed by atoms with Crippen LogP contribution in [0.3, 0.4) is 0 Å². The van der Waals surface area contributed by atoms with Crippen molar-refractivity contribution in [1.82, 2.24) is 0 Å². The average molecular weight is 324 g/mol. The molecule has 0 radical (unpaired) electrons. The Balaban J connectivity index is 3.58. The number of hydrogen-bond donors (Lipinski definition) is 2. The second kappa shape index (κ2) is 4.10. The van der Waals surface area contributed by atoms with Gasteiger partial charge in [0.2, 0.25) is 0 Å². The molecule has 1 rings (SSSR count). The quantitative estimate of drug-likeness (QED) is 0.877. The Hall–Kier alpha value is -0.880. The topological polar surface area (TPSA) is 74.6 Å². The minimum Gasteiger partial charge on any atom is -0.478 e. The zero-order valence-electron chi connectivity index (χ0n) is 6.62. The summed E-state index contributed by atoms with van der Waals surface area (Å²) in [6.07, 6.45) is 0. The lowest BCUT2D eigenvalue weighted by Gasteiger charge is -2.05. The zero-order valence-corrected chi connectivity index (χ0v) is 9.79. The Morgan fingerprint density at radius 1 is 0.929 bits per heavy atom. The molecule has 0 unspecified atom stereocenters. The van der Waals surface area contributed by atoms with E-state index < -0.39 is 11.9 Å². The molecule has 1 aromatic carbocycles. The molecule has 0 aromatic heterocycles. The molecular formula is C8H4Br2O4. The van der Waals surface area contributed by atoms with Gasteiger partial charge in [0.1, 0.15) is 0 Å². The molecule has 0 saturated heterocycles. The fourth-order valence-corrected chi connectivity index (χ4v) is 1.97. The molecule has 0 heterocycles. The molecule has 0 spiro atoms. The van der Waals surface area contributed by atoms with E-state index in [4.69, 9.17) is 10.2 Å². The highest BCUT2D eigenvalue weighted by Crippen LogP contribution is 2.27. The maximum atomic E-state index is 10.8. The molecule has 1 aromatic rings. The van der Waals surface area contributed by atoms with Crippen LogP contribution in [0.1, 0.15) is 20.7 Å². The van der Waals surface area contributed by atoms with Crippen LogP contribution in [0.4, 0.5) is 0 Å². The first-order chi connectivity index (χ1) is 6.45. The van der Waals surface area contributed by atoms with Gasteiger partial charge in [-0.05, 0) is 44.0 Å². The summed E-state index contributed by atoms with van der Waals surface area (Å²) < 4.78 is 0.483. The van der Waals surface area contributed by atoms with E-state index in [0.717, 1.165) is 0 Å². The normalized spacial score (nSPS) is 9.86. The predicted molar refractivity (Wildman–Crippen MR) is 55.8 cm³/mol. The summed E-state index contributed by atoms with van der Waals surface area (Å²) in [5, 5.41) is 17.6. The van der Waals surface area contributed by atoms with Crippen molar-refractivity contribution in [3.05, 3.63) is 32.2 Å². The van der Waals surface area contributed by atoms with Crippen molar-refractivity contribution in [2.75, 3.05) is 0 Å². The van der Waals surface area contributed by atoms with Crippen LogP contribution in [0.5, 0.6) is 0 Å². The number of benzene rings is 1. The average Bonchev–Trinajstić information content (AvgIpc) is 2.07. The Morgan fingerprint density at radius 3 is 1.43 bits per heavy atom. The summed E-state index contributed by atoms with van der Waals surface area (Å²) in [7, 11) is 0. The summed E-state index contributed by atoms with van der Waals surface area (Å²) in [5.74, 6) is -2.56. The van der Waals surface area contributed by atoms with Crippen LogP contribution in [0, 0.1) is 0 Å². The first-order valence-electron chi connectivity index (χ1n) is 3.39.